The van der Waals surface area contributed by atoms with Crippen LogP contribution in [0.25, 0.3) is 10.8 Å². The van der Waals surface area contributed by atoms with E-state index in [1.807, 2.05) is 48.7 Å². The average Bonchev–Trinajstić information content (AvgIpc) is 2.51. The zero-order valence-electron chi connectivity index (χ0n) is 11.0. The largest absolute Gasteiger partial charge is 0.497 e. The Bertz CT molecular complexity index is 741. The van der Waals surface area contributed by atoms with Crippen molar-refractivity contribution < 1.29 is 4.74 Å². The third-order valence-electron chi connectivity index (χ3n) is 3.11. The van der Waals surface area contributed by atoms with Crippen molar-refractivity contribution in [2.24, 2.45) is 0 Å². The summed E-state index contributed by atoms with van der Waals surface area (Å²) in [4.78, 5) is 6.29. The van der Waals surface area contributed by atoms with Crippen LogP contribution < -0.4 is 10.5 Å². The van der Waals surface area contributed by atoms with Crippen molar-refractivity contribution >= 4 is 28.2 Å². The lowest BCUT2D eigenvalue weighted by Gasteiger charge is -2.09. The van der Waals surface area contributed by atoms with Crippen LogP contribution in [0.3, 0.4) is 0 Å². The Hall–Kier alpha value is -2.20. The van der Waals surface area contributed by atoms with Crippen LogP contribution in [0.4, 0.5) is 5.69 Å². The minimum Gasteiger partial charge on any atom is -0.497 e. The van der Waals surface area contributed by atoms with Gasteiger partial charge in [-0.2, -0.15) is 0 Å². The number of anilines is 1. The molecular weight excluding hydrogens is 268 g/mol. The molecule has 0 spiro atoms. The van der Waals surface area contributed by atoms with Crippen LogP contribution in [0.15, 0.2) is 64.6 Å². The van der Waals surface area contributed by atoms with E-state index < -0.39 is 0 Å². The van der Waals surface area contributed by atoms with Crippen LogP contribution >= 0.6 is 11.8 Å². The number of rotatable bonds is 3. The van der Waals surface area contributed by atoms with Crippen LogP contribution in [-0.2, 0) is 0 Å². The summed E-state index contributed by atoms with van der Waals surface area (Å²) in [5, 5.41) is 2.10. The lowest BCUT2D eigenvalue weighted by Crippen LogP contribution is -1.91. The molecule has 0 saturated carbocycles. The standard InChI is InChI=1S/C16H14N2OS/c1-19-12-3-5-13(6-4-12)20-15-7-2-11-10-18-9-8-14(11)16(15)17/h2-10H,17H2,1H3. The molecule has 0 amide bonds. The SMILES string of the molecule is COc1ccc(Sc2ccc3cnccc3c2N)cc1. The lowest BCUT2D eigenvalue weighted by molar-refractivity contribution is 0.414. The van der Waals surface area contributed by atoms with E-state index in [0.717, 1.165) is 32.0 Å². The highest BCUT2D eigenvalue weighted by molar-refractivity contribution is 7.99. The number of hydrogen-bond donors (Lipinski definition) is 1. The summed E-state index contributed by atoms with van der Waals surface area (Å²) in [7, 11) is 1.66. The number of ether oxygens (including phenoxy) is 1. The first-order valence-corrected chi connectivity index (χ1v) is 7.03. The van der Waals surface area contributed by atoms with E-state index in [4.69, 9.17) is 10.5 Å². The van der Waals surface area contributed by atoms with Gasteiger partial charge in [-0.25, -0.2) is 0 Å². The fourth-order valence-electron chi connectivity index (χ4n) is 2.03. The zero-order chi connectivity index (χ0) is 13.9. The summed E-state index contributed by atoms with van der Waals surface area (Å²) in [6.45, 7) is 0. The highest BCUT2D eigenvalue weighted by Gasteiger charge is 2.06. The fraction of sp³-hybridized carbons (Fsp3) is 0.0625. The molecule has 0 aliphatic rings. The molecule has 0 aliphatic heterocycles. The van der Waals surface area contributed by atoms with Gasteiger partial charge in [0.25, 0.3) is 0 Å². The second-order valence-corrected chi connectivity index (χ2v) is 5.47. The van der Waals surface area contributed by atoms with Crippen molar-refractivity contribution in [1.29, 1.82) is 0 Å². The number of nitrogens with two attached hydrogens (primary N) is 1. The van der Waals surface area contributed by atoms with Crippen molar-refractivity contribution in [2.75, 3.05) is 12.8 Å². The number of nitrogen functional groups attached to an aromatic ring is 1. The van der Waals surface area contributed by atoms with Gasteiger partial charge in [0.2, 0.25) is 0 Å². The van der Waals surface area contributed by atoms with Gasteiger partial charge in [0, 0.05) is 33.0 Å². The highest BCUT2D eigenvalue weighted by Crippen LogP contribution is 2.36. The Kier molecular flexibility index (Phi) is 3.48. The smallest absolute Gasteiger partial charge is 0.118 e. The van der Waals surface area contributed by atoms with Gasteiger partial charge in [0.15, 0.2) is 0 Å². The van der Waals surface area contributed by atoms with Crippen LogP contribution in [0.2, 0.25) is 0 Å². The number of nitrogens with zero attached hydrogens (tertiary/aromatic N) is 1. The van der Waals surface area contributed by atoms with Gasteiger partial charge >= 0.3 is 0 Å². The first-order valence-electron chi connectivity index (χ1n) is 6.22. The molecule has 0 saturated heterocycles. The van der Waals surface area contributed by atoms with Crippen LogP contribution in [0.1, 0.15) is 0 Å². The Labute approximate surface area is 121 Å². The Morgan fingerprint density at radius 3 is 2.60 bits per heavy atom. The minimum atomic E-state index is 0.797. The van der Waals surface area contributed by atoms with E-state index in [9.17, 15) is 0 Å². The third-order valence-corrected chi connectivity index (χ3v) is 4.19. The summed E-state index contributed by atoms with van der Waals surface area (Å²) in [6.07, 6.45) is 3.59. The molecule has 4 heteroatoms. The molecule has 1 heterocycles. The molecule has 0 radical (unpaired) electrons. The highest BCUT2D eigenvalue weighted by atomic mass is 32.2. The summed E-state index contributed by atoms with van der Waals surface area (Å²) in [6, 6.07) is 14.0. The second kappa shape index (κ2) is 5.43. The maximum Gasteiger partial charge on any atom is 0.118 e. The summed E-state index contributed by atoms with van der Waals surface area (Å²) in [5.41, 5.74) is 7.05. The first-order chi connectivity index (χ1) is 9.78. The van der Waals surface area contributed by atoms with Gasteiger partial charge < -0.3 is 10.5 Å². The minimum absolute atomic E-state index is 0.797. The van der Waals surface area contributed by atoms with Crippen molar-refractivity contribution in [1.82, 2.24) is 4.98 Å². The molecule has 20 heavy (non-hydrogen) atoms. The van der Waals surface area contributed by atoms with Crippen molar-refractivity contribution in [3.05, 3.63) is 54.9 Å². The number of fused-ring (bicyclic) bond motifs is 1. The normalized spacial score (nSPS) is 10.7. The van der Waals surface area contributed by atoms with Crippen molar-refractivity contribution in [3.8, 4) is 5.75 Å². The van der Waals surface area contributed by atoms with Gasteiger partial charge in [-0.15, -0.1) is 0 Å². The summed E-state index contributed by atoms with van der Waals surface area (Å²) >= 11 is 1.65. The molecule has 0 unspecified atom stereocenters. The average molecular weight is 282 g/mol. The molecule has 3 rings (SSSR count). The van der Waals surface area contributed by atoms with Crippen LogP contribution in [0, 0.1) is 0 Å². The number of pyridine rings is 1. The molecule has 3 nitrogen and oxygen atoms in total. The van der Waals surface area contributed by atoms with Gasteiger partial charge in [0.1, 0.15) is 5.75 Å². The molecule has 0 aliphatic carbocycles. The molecule has 2 N–H and O–H groups in total. The number of aromatic nitrogens is 1. The zero-order valence-corrected chi connectivity index (χ0v) is 11.9. The molecule has 1 aromatic heterocycles. The molecule has 0 atom stereocenters. The van der Waals surface area contributed by atoms with Crippen LogP contribution in [-0.4, -0.2) is 12.1 Å². The van der Waals surface area contributed by atoms with Crippen molar-refractivity contribution in [3.63, 3.8) is 0 Å². The molecule has 0 fully saturated rings. The second-order valence-electron chi connectivity index (χ2n) is 4.35. The molecule has 3 aromatic rings. The maximum atomic E-state index is 6.25. The van der Waals surface area contributed by atoms with E-state index in [1.165, 1.54) is 0 Å². The lowest BCUT2D eigenvalue weighted by atomic mass is 10.1. The predicted octanol–water partition coefficient (Wildman–Crippen LogP) is 3.98. The number of hydrogen-bond acceptors (Lipinski definition) is 4. The fourth-order valence-corrected chi connectivity index (χ4v) is 2.91. The Morgan fingerprint density at radius 2 is 1.85 bits per heavy atom. The Morgan fingerprint density at radius 1 is 1.05 bits per heavy atom. The molecule has 0 bridgehead atoms. The maximum absolute atomic E-state index is 6.25. The molecule has 2 aromatic carbocycles. The van der Waals surface area contributed by atoms with Crippen LogP contribution in [0.5, 0.6) is 5.75 Å². The number of benzene rings is 2. The van der Waals surface area contributed by atoms with E-state index in [-0.39, 0.29) is 0 Å². The van der Waals surface area contributed by atoms with Gasteiger partial charge in [-0.3, -0.25) is 4.98 Å². The monoisotopic (exact) mass is 282 g/mol. The predicted molar refractivity (Wildman–Crippen MR) is 83.3 cm³/mol. The Balaban J connectivity index is 1.95. The van der Waals surface area contributed by atoms with Gasteiger partial charge in [-0.05, 0) is 36.4 Å². The van der Waals surface area contributed by atoms with E-state index in [1.54, 1.807) is 25.1 Å². The molecule has 100 valence electrons. The van der Waals surface area contributed by atoms with Crippen molar-refractivity contribution in [2.45, 2.75) is 9.79 Å². The third kappa shape index (κ3) is 2.42. The quantitative estimate of drug-likeness (QED) is 0.738. The summed E-state index contributed by atoms with van der Waals surface area (Å²) in [5.74, 6) is 0.854. The van der Waals surface area contributed by atoms with E-state index in [0.29, 0.717) is 0 Å². The number of methoxy groups -OCH3 is 1. The van der Waals surface area contributed by atoms with E-state index in [2.05, 4.69) is 4.98 Å². The summed E-state index contributed by atoms with van der Waals surface area (Å²) < 4.78 is 5.16. The van der Waals surface area contributed by atoms with E-state index >= 15 is 0 Å². The molecular formula is C16H14N2OS. The van der Waals surface area contributed by atoms with Gasteiger partial charge in [0.05, 0.1) is 12.8 Å². The first kappa shape index (κ1) is 12.8. The topological polar surface area (TPSA) is 48.1 Å². The van der Waals surface area contributed by atoms with Gasteiger partial charge in [-0.1, -0.05) is 17.8 Å².